The lowest BCUT2D eigenvalue weighted by atomic mass is 10.1. The van der Waals surface area contributed by atoms with Gasteiger partial charge in [-0.3, -0.25) is 5.43 Å². The Bertz CT molecular complexity index is 351. The summed E-state index contributed by atoms with van der Waals surface area (Å²) in [5.74, 6) is 6.06. The smallest absolute Gasteiger partial charge is 0.322 e. The van der Waals surface area contributed by atoms with Gasteiger partial charge in [-0.15, -0.1) is 0 Å². The zero-order chi connectivity index (χ0) is 14.1. The summed E-state index contributed by atoms with van der Waals surface area (Å²) in [5, 5.41) is 3.23. The highest BCUT2D eigenvalue weighted by Crippen LogP contribution is 2.13. The summed E-state index contributed by atoms with van der Waals surface area (Å²) in [6, 6.07) is 0.540. The number of nitrogens with zero attached hydrogens (tertiary/aromatic N) is 3. The fourth-order valence-electron chi connectivity index (χ4n) is 1.75. The van der Waals surface area contributed by atoms with Crippen molar-refractivity contribution in [3.8, 4) is 6.01 Å². The van der Waals surface area contributed by atoms with Crippen molar-refractivity contribution < 1.29 is 4.74 Å². The first-order valence-electron chi connectivity index (χ1n) is 6.72. The molecule has 1 heterocycles. The van der Waals surface area contributed by atoms with Gasteiger partial charge in [0.15, 0.2) is 0 Å². The molecule has 1 rings (SSSR count). The number of hydrogen-bond acceptors (Lipinski definition) is 7. The van der Waals surface area contributed by atoms with Crippen molar-refractivity contribution in [2.45, 2.75) is 52.0 Å². The Morgan fingerprint density at radius 2 is 1.89 bits per heavy atom. The molecule has 0 aromatic carbocycles. The number of nitrogen functional groups attached to an aromatic ring is 1. The van der Waals surface area contributed by atoms with Crippen LogP contribution < -0.4 is 21.3 Å². The van der Waals surface area contributed by atoms with Crippen LogP contribution in [0.25, 0.3) is 0 Å². The van der Waals surface area contributed by atoms with Gasteiger partial charge in [-0.2, -0.15) is 15.0 Å². The van der Waals surface area contributed by atoms with Crippen LogP contribution in [0.15, 0.2) is 0 Å². The summed E-state index contributed by atoms with van der Waals surface area (Å²) < 4.78 is 4.99. The van der Waals surface area contributed by atoms with Gasteiger partial charge in [0.25, 0.3) is 0 Å². The molecule has 19 heavy (non-hydrogen) atoms. The standard InChI is InChI=1S/C12H24N6O/c1-4-5-6-7-8-9(2)14-10-15-11(18-13)17-12(16-10)19-3/h9H,4-8,13H2,1-3H3,(H2,14,15,16,17,18). The van der Waals surface area contributed by atoms with Crippen molar-refractivity contribution in [3.05, 3.63) is 0 Å². The summed E-state index contributed by atoms with van der Waals surface area (Å²) >= 11 is 0. The Balaban J connectivity index is 2.50. The zero-order valence-corrected chi connectivity index (χ0v) is 11.9. The molecule has 0 saturated carbocycles. The van der Waals surface area contributed by atoms with Gasteiger partial charge >= 0.3 is 6.01 Å². The number of unbranched alkanes of at least 4 members (excludes halogenated alkanes) is 3. The summed E-state index contributed by atoms with van der Waals surface area (Å²) in [6.45, 7) is 4.32. The quantitative estimate of drug-likeness (QED) is 0.357. The molecule has 0 aliphatic carbocycles. The molecule has 0 saturated heterocycles. The van der Waals surface area contributed by atoms with Crippen molar-refractivity contribution in [3.63, 3.8) is 0 Å². The van der Waals surface area contributed by atoms with Crippen LogP contribution >= 0.6 is 0 Å². The van der Waals surface area contributed by atoms with E-state index in [1.54, 1.807) is 0 Å². The van der Waals surface area contributed by atoms with E-state index in [1.807, 2.05) is 0 Å². The van der Waals surface area contributed by atoms with E-state index >= 15 is 0 Å². The molecule has 1 atom stereocenters. The van der Waals surface area contributed by atoms with Crippen LogP contribution in [-0.2, 0) is 0 Å². The van der Waals surface area contributed by atoms with Crippen molar-refractivity contribution in [2.75, 3.05) is 17.9 Å². The molecule has 0 radical (unpaired) electrons. The molecule has 108 valence electrons. The van der Waals surface area contributed by atoms with Crippen LogP contribution in [0.2, 0.25) is 0 Å². The first kappa shape index (κ1) is 15.4. The molecule has 1 aromatic rings. The second-order valence-electron chi connectivity index (χ2n) is 4.51. The number of nitrogens with one attached hydrogen (secondary N) is 2. The predicted molar refractivity (Wildman–Crippen MR) is 76.0 cm³/mol. The third kappa shape index (κ3) is 5.69. The fraction of sp³-hybridized carbons (Fsp3) is 0.750. The van der Waals surface area contributed by atoms with Gasteiger partial charge in [0.1, 0.15) is 0 Å². The molecule has 7 nitrogen and oxygen atoms in total. The molecule has 0 bridgehead atoms. The van der Waals surface area contributed by atoms with E-state index in [9.17, 15) is 0 Å². The minimum absolute atomic E-state index is 0.239. The molecule has 0 amide bonds. The monoisotopic (exact) mass is 268 g/mol. The Morgan fingerprint density at radius 1 is 1.16 bits per heavy atom. The lowest BCUT2D eigenvalue weighted by molar-refractivity contribution is 0.379. The van der Waals surface area contributed by atoms with Crippen LogP contribution in [0.5, 0.6) is 6.01 Å². The number of methoxy groups -OCH3 is 1. The lowest BCUT2D eigenvalue weighted by Crippen LogP contribution is -2.19. The molecule has 0 aliphatic rings. The van der Waals surface area contributed by atoms with Crippen molar-refractivity contribution >= 4 is 11.9 Å². The van der Waals surface area contributed by atoms with Gasteiger partial charge in [-0.05, 0) is 13.3 Å². The highest BCUT2D eigenvalue weighted by Gasteiger charge is 2.08. The molecule has 0 fully saturated rings. The number of anilines is 2. The topological polar surface area (TPSA) is 98.0 Å². The van der Waals surface area contributed by atoms with Crippen molar-refractivity contribution in [2.24, 2.45) is 5.84 Å². The second-order valence-corrected chi connectivity index (χ2v) is 4.51. The molecule has 0 spiro atoms. The van der Waals surface area contributed by atoms with Crippen molar-refractivity contribution in [1.82, 2.24) is 15.0 Å². The molecule has 1 aromatic heterocycles. The maximum atomic E-state index is 5.30. The van der Waals surface area contributed by atoms with Crippen LogP contribution in [-0.4, -0.2) is 28.1 Å². The van der Waals surface area contributed by atoms with E-state index < -0.39 is 0 Å². The van der Waals surface area contributed by atoms with E-state index in [1.165, 1.54) is 32.8 Å². The fourth-order valence-corrected chi connectivity index (χ4v) is 1.75. The van der Waals surface area contributed by atoms with E-state index in [-0.39, 0.29) is 12.0 Å². The average Bonchev–Trinajstić information content (AvgIpc) is 2.43. The average molecular weight is 268 g/mol. The number of hydrogen-bond donors (Lipinski definition) is 3. The van der Waals surface area contributed by atoms with Crippen molar-refractivity contribution in [1.29, 1.82) is 0 Å². The molecule has 1 unspecified atom stereocenters. The number of nitrogens with two attached hydrogens (primary N) is 1. The Morgan fingerprint density at radius 3 is 2.53 bits per heavy atom. The first-order valence-corrected chi connectivity index (χ1v) is 6.72. The van der Waals surface area contributed by atoms with Gasteiger partial charge in [0.05, 0.1) is 7.11 Å². The number of rotatable bonds is 9. The van der Waals surface area contributed by atoms with Gasteiger partial charge < -0.3 is 10.1 Å². The highest BCUT2D eigenvalue weighted by atomic mass is 16.5. The number of hydrazine groups is 1. The maximum absolute atomic E-state index is 5.30. The molecule has 4 N–H and O–H groups in total. The van der Waals surface area contributed by atoms with Crippen LogP contribution in [0.3, 0.4) is 0 Å². The number of aromatic nitrogens is 3. The summed E-state index contributed by atoms with van der Waals surface area (Å²) in [7, 11) is 1.51. The van der Waals surface area contributed by atoms with E-state index in [0.717, 1.165) is 6.42 Å². The van der Waals surface area contributed by atoms with Gasteiger partial charge in [-0.25, -0.2) is 5.84 Å². The Hall–Kier alpha value is -1.63. The summed E-state index contributed by atoms with van der Waals surface area (Å²) in [5.41, 5.74) is 2.39. The molecule has 7 heteroatoms. The summed E-state index contributed by atoms with van der Waals surface area (Å²) in [6.07, 6.45) is 6.08. The molecular weight excluding hydrogens is 244 g/mol. The Kier molecular flexibility index (Phi) is 6.88. The van der Waals surface area contributed by atoms with Crippen LogP contribution in [0.4, 0.5) is 11.9 Å². The predicted octanol–water partition coefficient (Wildman–Crippen LogP) is 1.94. The van der Waals surface area contributed by atoms with E-state index in [4.69, 9.17) is 10.6 Å². The minimum Gasteiger partial charge on any atom is -0.467 e. The minimum atomic E-state index is 0.239. The molecular formula is C12H24N6O. The zero-order valence-electron chi connectivity index (χ0n) is 11.9. The van der Waals surface area contributed by atoms with E-state index in [2.05, 4.69) is 39.5 Å². The van der Waals surface area contributed by atoms with Gasteiger partial charge in [0.2, 0.25) is 11.9 Å². The normalized spacial score (nSPS) is 12.0. The Labute approximate surface area is 114 Å². The van der Waals surface area contributed by atoms with Gasteiger partial charge in [-0.1, -0.05) is 32.6 Å². The van der Waals surface area contributed by atoms with Crippen LogP contribution in [0.1, 0.15) is 46.0 Å². The SMILES string of the molecule is CCCCCCC(C)Nc1nc(NN)nc(OC)n1. The van der Waals surface area contributed by atoms with E-state index in [0.29, 0.717) is 12.0 Å². The largest absolute Gasteiger partial charge is 0.467 e. The van der Waals surface area contributed by atoms with Gasteiger partial charge in [0, 0.05) is 6.04 Å². The maximum Gasteiger partial charge on any atom is 0.322 e. The third-order valence-electron chi connectivity index (χ3n) is 2.79. The highest BCUT2D eigenvalue weighted by molar-refractivity contribution is 5.35. The number of ether oxygens (including phenoxy) is 1. The summed E-state index contributed by atoms with van der Waals surface area (Å²) in [4.78, 5) is 12.2. The second kappa shape index (κ2) is 8.47. The lowest BCUT2D eigenvalue weighted by Gasteiger charge is -2.14. The third-order valence-corrected chi connectivity index (χ3v) is 2.79. The van der Waals surface area contributed by atoms with Crippen LogP contribution in [0, 0.1) is 0 Å². The molecule has 0 aliphatic heterocycles. The first-order chi connectivity index (χ1) is 9.19.